The molecule has 4 aromatic rings. The van der Waals surface area contributed by atoms with Crippen LogP contribution in [-0.4, -0.2) is 43.0 Å². The van der Waals surface area contributed by atoms with E-state index in [1.165, 1.54) is 12.1 Å². The number of ether oxygens (including phenoxy) is 1. The van der Waals surface area contributed by atoms with E-state index in [1.54, 1.807) is 30.8 Å². The van der Waals surface area contributed by atoms with Crippen LogP contribution < -0.4 is 10.1 Å². The highest BCUT2D eigenvalue weighted by Gasteiger charge is 2.29. The monoisotopic (exact) mass is 547 g/mol. The van der Waals surface area contributed by atoms with Gasteiger partial charge in [-0.3, -0.25) is 4.79 Å². The molecule has 40 heavy (non-hydrogen) atoms. The molecule has 0 aliphatic carbocycles. The van der Waals surface area contributed by atoms with Crippen LogP contribution in [0.25, 0.3) is 11.1 Å². The van der Waals surface area contributed by atoms with Crippen molar-refractivity contribution in [2.24, 2.45) is 0 Å². The second-order valence-electron chi connectivity index (χ2n) is 10.7. The van der Waals surface area contributed by atoms with Gasteiger partial charge in [-0.05, 0) is 98.7 Å². The summed E-state index contributed by atoms with van der Waals surface area (Å²) in [6.07, 6.45) is 4.09. The Bertz CT molecular complexity index is 1530. The van der Waals surface area contributed by atoms with E-state index >= 15 is 0 Å². The summed E-state index contributed by atoms with van der Waals surface area (Å²) in [7, 11) is 0. The van der Waals surface area contributed by atoms with E-state index in [4.69, 9.17) is 4.74 Å². The molecule has 1 atom stereocenters. The van der Waals surface area contributed by atoms with Crippen LogP contribution in [0.15, 0.2) is 54.7 Å². The van der Waals surface area contributed by atoms with Gasteiger partial charge < -0.3 is 15.2 Å². The summed E-state index contributed by atoms with van der Waals surface area (Å²) >= 11 is 0. The molecular formula is C30H31F2N5O3. The highest BCUT2D eigenvalue weighted by atomic mass is 19.1. The Balaban J connectivity index is 1.29. The quantitative estimate of drug-likeness (QED) is 0.263. The van der Waals surface area contributed by atoms with Gasteiger partial charge in [0.05, 0.1) is 18.2 Å². The molecule has 1 aliphatic rings. The van der Waals surface area contributed by atoms with Crippen molar-refractivity contribution in [1.29, 1.82) is 0 Å². The number of halogens is 2. The molecule has 1 aliphatic heterocycles. The fourth-order valence-corrected chi connectivity index (χ4v) is 4.87. The topological polar surface area (TPSA) is 102 Å². The van der Waals surface area contributed by atoms with Crippen LogP contribution in [0.2, 0.25) is 0 Å². The van der Waals surface area contributed by atoms with Gasteiger partial charge in [-0.2, -0.15) is 0 Å². The Morgan fingerprint density at radius 2 is 1.93 bits per heavy atom. The average Bonchev–Trinajstić information content (AvgIpc) is 3.48. The van der Waals surface area contributed by atoms with Gasteiger partial charge in [0.1, 0.15) is 29.0 Å². The van der Waals surface area contributed by atoms with Crippen LogP contribution in [0, 0.1) is 18.6 Å². The van der Waals surface area contributed by atoms with Gasteiger partial charge in [0.15, 0.2) is 0 Å². The molecule has 8 nitrogen and oxygen atoms in total. The minimum absolute atomic E-state index is 0.0404. The van der Waals surface area contributed by atoms with Gasteiger partial charge in [-0.15, -0.1) is 5.10 Å². The summed E-state index contributed by atoms with van der Waals surface area (Å²) < 4.78 is 35.0. The van der Waals surface area contributed by atoms with Gasteiger partial charge in [0.25, 0.3) is 5.91 Å². The van der Waals surface area contributed by atoms with Gasteiger partial charge in [-0.1, -0.05) is 6.07 Å². The number of nitrogens with zero attached hydrogens (tertiary/aromatic N) is 4. The maximum Gasteiger partial charge on any atom is 0.296 e. The fraction of sp³-hybridized carbons (Fsp3) is 0.333. The molecule has 2 aromatic carbocycles. The predicted octanol–water partition coefficient (Wildman–Crippen LogP) is 5.64. The van der Waals surface area contributed by atoms with E-state index in [-0.39, 0.29) is 5.82 Å². The number of aliphatic hydroxyl groups is 1. The van der Waals surface area contributed by atoms with Gasteiger partial charge in [0, 0.05) is 18.7 Å². The first-order valence-electron chi connectivity index (χ1n) is 13.2. The average molecular weight is 548 g/mol. The number of carbonyl (C=O) groups is 1. The Kier molecular flexibility index (Phi) is 7.62. The number of pyridine rings is 1. The van der Waals surface area contributed by atoms with Crippen molar-refractivity contribution in [2.45, 2.75) is 58.1 Å². The fourth-order valence-electron chi connectivity index (χ4n) is 4.87. The maximum atomic E-state index is 13.8. The molecule has 5 rings (SSSR count). The van der Waals surface area contributed by atoms with E-state index in [0.717, 1.165) is 29.2 Å². The molecule has 208 valence electrons. The highest BCUT2D eigenvalue weighted by Crippen LogP contribution is 2.32. The lowest BCUT2D eigenvalue weighted by atomic mass is 10.0. The standard InChI is InChI=1S/C30H31F2N5O3/c1-18-5-6-23(40-12-4-10-30(2,3)39)17-24(18)19-9-11-33-26(15-19)34-29(38)28-35-27-8-7-25(37(27)36-28)20-13-21(31)16-22(32)14-20/h5-6,9,11,13-17,25,39H,4,7-8,10,12H2,1-3H3,(H,33,34,38). The number of hydrogen-bond acceptors (Lipinski definition) is 6. The zero-order chi connectivity index (χ0) is 28.4. The first-order valence-corrected chi connectivity index (χ1v) is 13.2. The van der Waals surface area contributed by atoms with Crippen LogP contribution in [0.5, 0.6) is 5.75 Å². The smallest absolute Gasteiger partial charge is 0.296 e. The highest BCUT2D eigenvalue weighted by molar-refractivity contribution is 6.01. The van der Waals surface area contributed by atoms with Crippen molar-refractivity contribution in [3.63, 3.8) is 0 Å². The lowest BCUT2D eigenvalue weighted by molar-refractivity contribution is 0.0641. The van der Waals surface area contributed by atoms with Crippen LogP contribution >= 0.6 is 0 Å². The number of carbonyl (C=O) groups excluding carboxylic acids is 1. The van der Waals surface area contributed by atoms with E-state index < -0.39 is 29.2 Å². The summed E-state index contributed by atoms with van der Waals surface area (Å²) in [5, 5.41) is 17.0. The first-order chi connectivity index (χ1) is 19.1. The molecule has 0 bridgehead atoms. The number of fused-ring (bicyclic) bond motifs is 1. The van der Waals surface area contributed by atoms with Crippen molar-refractivity contribution >= 4 is 11.7 Å². The predicted molar refractivity (Wildman–Crippen MR) is 146 cm³/mol. The second-order valence-corrected chi connectivity index (χ2v) is 10.7. The minimum atomic E-state index is -0.728. The van der Waals surface area contributed by atoms with Crippen molar-refractivity contribution in [3.8, 4) is 16.9 Å². The second kappa shape index (κ2) is 11.1. The number of hydrogen-bond donors (Lipinski definition) is 2. The minimum Gasteiger partial charge on any atom is -0.494 e. The van der Waals surface area contributed by atoms with E-state index in [2.05, 4.69) is 20.4 Å². The Labute approximate surface area is 231 Å². The van der Waals surface area contributed by atoms with Gasteiger partial charge in [0.2, 0.25) is 5.82 Å². The number of amides is 1. The number of rotatable bonds is 9. The third-order valence-electron chi connectivity index (χ3n) is 6.83. The van der Waals surface area contributed by atoms with Gasteiger partial charge >= 0.3 is 0 Å². The van der Waals surface area contributed by atoms with Crippen molar-refractivity contribution in [3.05, 3.63) is 89.1 Å². The number of aromatic nitrogens is 4. The van der Waals surface area contributed by atoms with E-state index in [1.807, 2.05) is 31.2 Å². The molecule has 2 aromatic heterocycles. The molecule has 1 amide bonds. The first kappa shape index (κ1) is 27.4. The van der Waals surface area contributed by atoms with Crippen LogP contribution in [0.4, 0.5) is 14.6 Å². The zero-order valence-electron chi connectivity index (χ0n) is 22.6. The number of anilines is 1. The van der Waals surface area contributed by atoms with Crippen LogP contribution in [-0.2, 0) is 6.42 Å². The summed E-state index contributed by atoms with van der Waals surface area (Å²) in [6, 6.07) is 12.4. The van der Waals surface area contributed by atoms with Crippen LogP contribution in [0.1, 0.15) is 66.7 Å². The molecule has 2 N–H and O–H groups in total. The largest absolute Gasteiger partial charge is 0.494 e. The lowest BCUT2D eigenvalue weighted by Crippen LogP contribution is -2.19. The van der Waals surface area contributed by atoms with E-state index in [0.29, 0.717) is 48.8 Å². The summed E-state index contributed by atoms with van der Waals surface area (Å²) in [6.45, 7) is 6.03. The van der Waals surface area contributed by atoms with Crippen molar-refractivity contribution in [1.82, 2.24) is 19.7 Å². The molecular weight excluding hydrogens is 516 g/mol. The number of benzene rings is 2. The third-order valence-corrected chi connectivity index (χ3v) is 6.83. The van der Waals surface area contributed by atoms with E-state index in [9.17, 15) is 18.7 Å². The molecule has 3 heterocycles. The molecule has 0 saturated heterocycles. The SMILES string of the molecule is Cc1ccc(OCCCC(C)(C)O)cc1-c1ccnc(NC(=O)c2nc3n(n2)C(c2cc(F)cc(F)c2)CC3)c1. The van der Waals surface area contributed by atoms with Crippen molar-refractivity contribution < 1.29 is 23.4 Å². The van der Waals surface area contributed by atoms with Crippen molar-refractivity contribution in [2.75, 3.05) is 11.9 Å². The molecule has 0 fully saturated rings. The molecule has 10 heteroatoms. The molecule has 0 saturated carbocycles. The normalized spacial score (nSPS) is 14.7. The summed E-state index contributed by atoms with van der Waals surface area (Å²) in [5.74, 6) is -0.272. The summed E-state index contributed by atoms with van der Waals surface area (Å²) in [4.78, 5) is 21.6. The number of nitrogens with one attached hydrogen (secondary N) is 1. The maximum absolute atomic E-state index is 13.8. The molecule has 1 unspecified atom stereocenters. The molecule has 0 spiro atoms. The van der Waals surface area contributed by atoms with Gasteiger partial charge in [-0.25, -0.2) is 23.4 Å². The molecule has 0 radical (unpaired) electrons. The Morgan fingerprint density at radius 1 is 1.15 bits per heavy atom. The Morgan fingerprint density at radius 3 is 2.67 bits per heavy atom. The third kappa shape index (κ3) is 6.34. The summed E-state index contributed by atoms with van der Waals surface area (Å²) in [5.41, 5.74) is 2.52. The zero-order valence-corrected chi connectivity index (χ0v) is 22.6. The van der Waals surface area contributed by atoms with Crippen LogP contribution in [0.3, 0.4) is 0 Å². The number of aryl methyl sites for hydroxylation is 2. The lowest BCUT2D eigenvalue weighted by Gasteiger charge is -2.17. The Hall–Kier alpha value is -4.18.